The highest BCUT2D eigenvalue weighted by Gasteiger charge is 2.32. The van der Waals surface area contributed by atoms with Gasteiger partial charge in [0.05, 0.1) is 6.04 Å². The Morgan fingerprint density at radius 2 is 2.06 bits per heavy atom. The largest absolute Gasteiger partial charge is 0.385 e. The molecule has 0 saturated carbocycles. The topological polar surface area (TPSA) is 58.7 Å². The van der Waals surface area contributed by atoms with Gasteiger partial charge in [0.15, 0.2) is 0 Å². The van der Waals surface area contributed by atoms with Crippen LogP contribution in [0.5, 0.6) is 0 Å². The van der Waals surface area contributed by atoms with Crippen LogP contribution in [-0.2, 0) is 6.54 Å². The molecular weight excluding hydrogens is 214 g/mol. The smallest absolute Gasteiger partial charge is 0.346 e. The second-order valence-corrected chi connectivity index (χ2v) is 4.24. The summed E-state index contributed by atoms with van der Waals surface area (Å²) in [5, 5.41) is 0. The number of carbonyl (C=O) groups excluding carboxylic acids is 1. The lowest BCUT2D eigenvalue weighted by atomic mass is 10.1. The van der Waals surface area contributed by atoms with Gasteiger partial charge >= 0.3 is 6.03 Å². The fourth-order valence-corrected chi connectivity index (χ4v) is 2.08. The summed E-state index contributed by atoms with van der Waals surface area (Å²) < 4.78 is 0. The molecule has 0 bridgehead atoms. The number of amidine groups is 1. The first kappa shape index (κ1) is 11.6. The van der Waals surface area contributed by atoms with Crippen LogP contribution in [0, 0.1) is 0 Å². The molecule has 1 unspecified atom stereocenters. The molecule has 2 N–H and O–H groups in total. The van der Waals surface area contributed by atoms with Gasteiger partial charge in [-0.1, -0.05) is 43.7 Å². The molecular formula is C13H17N3O. The minimum Gasteiger partial charge on any atom is -0.385 e. The van der Waals surface area contributed by atoms with Crippen LogP contribution in [0.3, 0.4) is 0 Å². The maximum Gasteiger partial charge on any atom is 0.346 e. The number of aliphatic imine (C=N–C) groups is 1. The highest BCUT2D eigenvalue weighted by atomic mass is 16.2. The third kappa shape index (κ3) is 2.46. The molecule has 0 radical (unpaired) electrons. The van der Waals surface area contributed by atoms with Gasteiger partial charge in [-0.15, -0.1) is 0 Å². The zero-order valence-electron chi connectivity index (χ0n) is 9.97. The van der Waals surface area contributed by atoms with Gasteiger partial charge in [-0.3, -0.25) is 0 Å². The Hall–Kier alpha value is -1.84. The quantitative estimate of drug-likeness (QED) is 0.863. The van der Waals surface area contributed by atoms with E-state index in [-0.39, 0.29) is 12.1 Å². The third-order valence-electron chi connectivity index (χ3n) is 2.95. The summed E-state index contributed by atoms with van der Waals surface area (Å²) in [7, 11) is 0. The standard InChI is InChI=1S/C13H17N3O/c1-2-6-11-12(14)15-13(17)16(11)9-10-7-4-3-5-8-10/h3-5,7-8,11H,2,6,9H2,1H3,(H2,14,15,17). The van der Waals surface area contributed by atoms with E-state index in [9.17, 15) is 4.79 Å². The molecule has 0 aliphatic carbocycles. The Bertz CT molecular complexity index is 428. The molecule has 90 valence electrons. The molecule has 1 atom stereocenters. The number of benzene rings is 1. The van der Waals surface area contributed by atoms with E-state index in [0.717, 1.165) is 18.4 Å². The van der Waals surface area contributed by atoms with Gasteiger partial charge in [-0.25, -0.2) is 4.79 Å². The molecule has 1 aliphatic rings. The van der Waals surface area contributed by atoms with E-state index in [2.05, 4.69) is 11.9 Å². The van der Waals surface area contributed by atoms with Crippen LogP contribution in [0.25, 0.3) is 0 Å². The van der Waals surface area contributed by atoms with Gasteiger partial charge < -0.3 is 10.6 Å². The maximum absolute atomic E-state index is 11.7. The van der Waals surface area contributed by atoms with Crippen molar-refractivity contribution in [1.82, 2.24) is 4.90 Å². The van der Waals surface area contributed by atoms with E-state index in [1.807, 2.05) is 30.3 Å². The Morgan fingerprint density at radius 1 is 1.35 bits per heavy atom. The summed E-state index contributed by atoms with van der Waals surface area (Å²) >= 11 is 0. The van der Waals surface area contributed by atoms with Crippen molar-refractivity contribution < 1.29 is 4.79 Å². The van der Waals surface area contributed by atoms with Crippen molar-refractivity contribution in [2.75, 3.05) is 0 Å². The van der Waals surface area contributed by atoms with Crippen molar-refractivity contribution in [2.45, 2.75) is 32.4 Å². The Labute approximate surface area is 101 Å². The lowest BCUT2D eigenvalue weighted by Gasteiger charge is -2.23. The zero-order valence-corrected chi connectivity index (χ0v) is 9.97. The Balaban J connectivity index is 2.12. The molecule has 1 aromatic rings. The van der Waals surface area contributed by atoms with E-state index >= 15 is 0 Å². The number of amides is 2. The van der Waals surface area contributed by atoms with Gasteiger partial charge in [-0.2, -0.15) is 4.99 Å². The first-order valence-corrected chi connectivity index (χ1v) is 5.91. The van der Waals surface area contributed by atoms with E-state index in [1.54, 1.807) is 4.90 Å². The monoisotopic (exact) mass is 231 g/mol. The fraction of sp³-hybridized carbons (Fsp3) is 0.385. The van der Waals surface area contributed by atoms with Crippen molar-refractivity contribution in [2.24, 2.45) is 10.7 Å². The summed E-state index contributed by atoms with van der Waals surface area (Å²) in [5.74, 6) is 0.452. The van der Waals surface area contributed by atoms with Crippen molar-refractivity contribution in [3.63, 3.8) is 0 Å². The molecule has 1 aliphatic heterocycles. The molecule has 17 heavy (non-hydrogen) atoms. The number of hydrogen-bond acceptors (Lipinski definition) is 2. The normalized spacial score (nSPS) is 19.6. The number of carbonyl (C=O) groups is 1. The van der Waals surface area contributed by atoms with Crippen molar-refractivity contribution in [3.8, 4) is 0 Å². The summed E-state index contributed by atoms with van der Waals surface area (Å²) in [6, 6.07) is 9.65. The second kappa shape index (κ2) is 4.99. The van der Waals surface area contributed by atoms with Crippen LogP contribution >= 0.6 is 0 Å². The molecule has 4 nitrogen and oxygen atoms in total. The molecule has 1 heterocycles. The van der Waals surface area contributed by atoms with Crippen LogP contribution in [0.15, 0.2) is 35.3 Å². The maximum atomic E-state index is 11.7. The molecule has 2 rings (SSSR count). The number of nitrogens with two attached hydrogens (primary N) is 1. The SMILES string of the molecule is CCCC1C(N)=NC(=O)N1Cc1ccccc1. The zero-order chi connectivity index (χ0) is 12.3. The number of urea groups is 1. The van der Waals surface area contributed by atoms with Crippen molar-refractivity contribution in [1.29, 1.82) is 0 Å². The summed E-state index contributed by atoms with van der Waals surface area (Å²) in [6.07, 6.45) is 1.85. The number of nitrogens with zero attached hydrogens (tertiary/aromatic N) is 2. The van der Waals surface area contributed by atoms with E-state index in [1.165, 1.54) is 0 Å². The highest BCUT2D eigenvalue weighted by molar-refractivity contribution is 6.02. The lowest BCUT2D eigenvalue weighted by Crippen LogP contribution is -2.39. The summed E-state index contributed by atoms with van der Waals surface area (Å²) in [6.45, 7) is 2.66. The van der Waals surface area contributed by atoms with Gasteiger partial charge in [-0.05, 0) is 12.0 Å². The van der Waals surface area contributed by atoms with Gasteiger partial charge in [0, 0.05) is 6.54 Å². The molecule has 0 aromatic heterocycles. The fourth-order valence-electron chi connectivity index (χ4n) is 2.08. The number of rotatable bonds is 4. The van der Waals surface area contributed by atoms with Crippen molar-refractivity contribution in [3.05, 3.63) is 35.9 Å². The van der Waals surface area contributed by atoms with E-state index in [0.29, 0.717) is 12.4 Å². The summed E-state index contributed by atoms with van der Waals surface area (Å²) in [4.78, 5) is 17.3. The average molecular weight is 231 g/mol. The third-order valence-corrected chi connectivity index (χ3v) is 2.95. The van der Waals surface area contributed by atoms with Crippen molar-refractivity contribution >= 4 is 11.9 Å². The van der Waals surface area contributed by atoms with Gasteiger partial charge in [0.2, 0.25) is 0 Å². The predicted molar refractivity (Wildman–Crippen MR) is 67.7 cm³/mol. The first-order chi connectivity index (χ1) is 8.22. The van der Waals surface area contributed by atoms with Crippen LogP contribution in [-0.4, -0.2) is 22.8 Å². The van der Waals surface area contributed by atoms with Crippen LogP contribution in [0.2, 0.25) is 0 Å². The van der Waals surface area contributed by atoms with Gasteiger partial charge in [0.25, 0.3) is 0 Å². The highest BCUT2D eigenvalue weighted by Crippen LogP contribution is 2.18. The van der Waals surface area contributed by atoms with Crippen LogP contribution < -0.4 is 5.73 Å². The molecule has 1 aromatic carbocycles. The van der Waals surface area contributed by atoms with Crippen LogP contribution in [0.1, 0.15) is 25.3 Å². The lowest BCUT2D eigenvalue weighted by molar-refractivity contribution is 0.201. The molecule has 0 saturated heterocycles. The molecule has 0 spiro atoms. The molecule has 4 heteroatoms. The Kier molecular flexibility index (Phi) is 3.42. The minimum absolute atomic E-state index is 0.0345. The molecule has 0 fully saturated rings. The van der Waals surface area contributed by atoms with Crippen LogP contribution in [0.4, 0.5) is 4.79 Å². The van der Waals surface area contributed by atoms with Gasteiger partial charge in [0.1, 0.15) is 5.84 Å². The van der Waals surface area contributed by atoms with E-state index in [4.69, 9.17) is 5.73 Å². The first-order valence-electron chi connectivity index (χ1n) is 5.91. The minimum atomic E-state index is -0.218. The molecule has 2 amide bonds. The average Bonchev–Trinajstić information content (AvgIpc) is 2.58. The Morgan fingerprint density at radius 3 is 2.71 bits per heavy atom. The van der Waals surface area contributed by atoms with E-state index < -0.39 is 0 Å². The summed E-state index contributed by atoms with van der Waals surface area (Å²) in [5.41, 5.74) is 6.89. The second-order valence-electron chi connectivity index (χ2n) is 4.24. The number of hydrogen-bond donors (Lipinski definition) is 1. The predicted octanol–water partition coefficient (Wildman–Crippen LogP) is 2.15.